The van der Waals surface area contributed by atoms with E-state index in [4.69, 9.17) is 4.74 Å². The molecule has 150 valence electrons. The van der Waals surface area contributed by atoms with E-state index >= 15 is 0 Å². The molecule has 2 saturated heterocycles. The van der Waals surface area contributed by atoms with Crippen LogP contribution < -0.4 is 24.0 Å². The van der Waals surface area contributed by atoms with Crippen molar-refractivity contribution in [3.8, 4) is 0 Å². The van der Waals surface area contributed by atoms with E-state index in [1.165, 1.54) is 12.8 Å². The predicted molar refractivity (Wildman–Crippen MR) is 104 cm³/mol. The van der Waals surface area contributed by atoms with Crippen LogP contribution in [0.1, 0.15) is 36.8 Å². The van der Waals surface area contributed by atoms with Gasteiger partial charge in [-0.3, -0.25) is 0 Å². The lowest BCUT2D eigenvalue weighted by molar-refractivity contribution is -0.931. The van der Waals surface area contributed by atoms with Crippen molar-refractivity contribution >= 4 is 5.97 Å². The van der Waals surface area contributed by atoms with Gasteiger partial charge >= 0.3 is 5.97 Å². The van der Waals surface area contributed by atoms with Crippen LogP contribution in [0.15, 0.2) is 60.7 Å². The number of esters is 1. The number of rotatable bonds is 4. The van der Waals surface area contributed by atoms with Crippen molar-refractivity contribution < 1.29 is 43.1 Å². The third kappa shape index (κ3) is 3.60. The Hall–Kier alpha value is -1.44. The Labute approximate surface area is 184 Å². The van der Waals surface area contributed by atoms with E-state index in [2.05, 4.69) is 14.1 Å². The van der Waals surface area contributed by atoms with Gasteiger partial charge in [-0.2, -0.15) is 0 Å². The third-order valence-corrected chi connectivity index (χ3v) is 6.74. The second-order valence-electron chi connectivity index (χ2n) is 8.46. The average Bonchev–Trinajstić information content (AvgIpc) is 2.86. The SMILES string of the molecule is C[N+]1(C)[C@@H]2CC[C@H]1CC(OC(=O)C(O)(c1ccccc1)c1ccccc1)C2.[I-]. The lowest BCUT2D eigenvalue weighted by Crippen LogP contribution is -3.00. The van der Waals surface area contributed by atoms with E-state index in [1.807, 2.05) is 36.4 Å². The second kappa shape index (κ2) is 8.13. The molecular formula is C23H28INO3. The highest BCUT2D eigenvalue weighted by Crippen LogP contribution is 2.41. The number of fused-ring (bicyclic) bond motifs is 2. The summed E-state index contributed by atoms with van der Waals surface area (Å²) < 4.78 is 6.96. The van der Waals surface area contributed by atoms with Crippen molar-refractivity contribution in [3.05, 3.63) is 71.8 Å². The Balaban J connectivity index is 0.00000225. The third-order valence-electron chi connectivity index (χ3n) is 6.74. The van der Waals surface area contributed by atoms with Gasteiger partial charge in [0.05, 0.1) is 26.2 Å². The van der Waals surface area contributed by atoms with Crippen LogP contribution in [0.3, 0.4) is 0 Å². The molecule has 4 rings (SSSR count). The fourth-order valence-corrected chi connectivity index (χ4v) is 4.92. The Kier molecular flexibility index (Phi) is 6.17. The average molecular weight is 493 g/mol. The molecule has 2 fully saturated rings. The van der Waals surface area contributed by atoms with E-state index in [1.54, 1.807) is 24.3 Å². The second-order valence-corrected chi connectivity index (χ2v) is 8.46. The predicted octanol–water partition coefficient (Wildman–Crippen LogP) is 0.240. The highest BCUT2D eigenvalue weighted by molar-refractivity contribution is 5.85. The lowest BCUT2D eigenvalue weighted by Gasteiger charge is -2.44. The number of carbonyl (C=O) groups is 1. The number of aliphatic hydroxyl groups is 1. The van der Waals surface area contributed by atoms with Crippen LogP contribution in [0.5, 0.6) is 0 Å². The molecule has 2 aliphatic rings. The van der Waals surface area contributed by atoms with E-state index in [0.29, 0.717) is 23.2 Å². The summed E-state index contributed by atoms with van der Waals surface area (Å²) in [7, 11) is 4.56. The topological polar surface area (TPSA) is 46.5 Å². The highest BCUT2D eigenvalue weighted by atomic mass is 127. The quantitative estimate of drug-likeness (QED) is 0.377. The summed E-state index contributed by atoms with van der Waals surface area (Å²) in [5.41, 5.74) is -0.712. The molecule has 2 aromatic carbocycles. The summed E-state index contributed by atoms with van der Waals surface area (Å²) in [6.45, 7) is 0. The van der Waals surface area contributed by atoms with Crippen LogP contribution in [0.25, 0.3) is 0 Å². The van der Waals surface area contributed by atoms with Gasteiger partial charge in [0.1, 0.15) is 6.10 Å². The van der Waals surface area contributed by atoms with Crippen LogP contribution in [-0.4, -0.2) is 47.8 Å². The smallest absolute Gasteiger partial charge is 0.347 e. The fourth-order valence-electron chi connectivity index (χ4n) is 4.92. The van der Waals surface area contributed by atoms with E-state index in [0.717, 1.165) is 17.3 Å². The summed E-state index contributed by atoms with van der Waals surface area (Å²) in [5, 5.41) is 11.5. The maximum atomic E-state index is 13.3. The van der Waals surface area contributed by atoms with Gasteiger partial charge in [-0.25, -0.2) is 4.79 Å². The Morgan fingerprint density at radius 1 is 0.929 bits per heavy atom. The molecule has 4 nitrogen and oxygen atoms in total. The first-order valence-electron chi connectivity index (χ1n) is 9.80. The van der Waals surface area contributed by atoms with Gasteiger partial charge in [0.2, 0.25) is 5.60 Å². The zero-order valence-electron chi connectivity index (χ0n) is 16.4. The van der Waals surface area contributed by atoms with Gasteiger partial charge in [0.25, 0.3) is 0 Å². The Morgan fingerprint density at radius 3 is 1.79 bits per heavy atom. The zero-order valence-corrected chi connectivity index (χ0v) is 18.6. The molecule has 2 aliphatic heterocycles. The van der Waals surface area contributed by atoms with Crippen molar-refractivity contribution in [2.75, 3.05) is 14.1 Å². The standard InChI is InChI=1S/C23H28NO3.HI/c1-24(2)19-13-14-20(24)16-21(15-19)27-22(25)23(26,17-9-5-3-6-10-17)18-11-7-4-8-12-18;/h3-12,19-21,26H,13-16H2,1-2H3;1H/q+1;/p-1/t19-,20+,21?;. The molecule has 0 spiro atoms. The molecule has 5 heteroatoms. The molecule has 2 bridgehead atoms. The van der Waals surface area contributed by atoms with Crippen LogP contribution in [0, 0.1) is 0 Å². The molecule has 0 amide bonds. The minimum Gasteiger partial charge on any atom is -1.00 e. The van der Waals surface area contributed by atoms with Gasteiger partial charge < -0.3 is 38.3 Å². The molecule has 1 unspecified atom stereocenters. The van der Waals surface area contributed by atoms with Crippen LogP contribution in [0.2, 0.25) is 0 Å². The number of hydrogen-bond acceptors (Lipinski definition) is 3. The monoisotopic (exact) mass is 493 g/mol. The van der Waals surface area contributed by atoms with Crippen LogP contribution >= 0.6 is 0 Å². The van der Waals surface area contributed by atoms with Crippen molar-refractivity contribution in [1.82, 2.24) is 0 Å². The number of piperidine rings is 1. The van der Waals surface area contributed by atoms with E-state index in [-0.39, 0.29) is 30.1 Å². The molecule has 1 N–H and O–H groups in total. The molecule has 2 heterocycles. The van der Waals surface area contributed by atoms with E-state index in [9.17, 15) is 9.90 Å². The highest BCUT2D eigenvalue weighted by Gasteiger charge is 2.51. The maximum absolute atomic E-state index is 13.3. The summed E-state index contributed by atoms with van der Waals surface area (Å²) in [4.78, 5) is 13.3. The lowest BCUT2D eigenvalue weighted by atomic mass is 9.86. The number of nitrogens with zero attached hydrogens (tertiary/aromatic N) is 1. The summed E-state index contributed by atoms with van der Waals surface area (Å²) in [6.07, 6.45) is 3.99. The Bertz CT molecular complexity index is 754. The number of ether oxygens (including phenoxy) is 1. The molecule has 0 radical (unpaired) electrons. The van der Waals surface area contributed by atoms with Gasteiger partial charge in [-0.05, 0) is 11.1 Å². The van der Waals surface area contributed by atoms with Gasteiger partial charge in [-0.15, -0.1) is 0 Å². The molecule has 0 aliphatic carbocycles. The first kappa shape index (κ1) is 21.3. The molecular weight excluding hydrogens is 465 g/mol. The van der Waals surface area contributed by atoms with E-state index < -0.39 is 11.6 Å². The van der Waals surface area contributed by atoms with Crippen molar-refractivity contribution in [2.45, 2.75) is 49.5 Å². The summed E-state index contributed by atoms with van der Waals surface area (Å²) in [5.74, 6) is -0.573. The maximum Gasteiger partial charge on any atom is 0.347 e. The molecule has 0 aromatic heterocycles. The minimum atomic E-state index is -1.79. The Morgan fingerprint density at radius 2 is 1.36 bits per heavy atom. The summed E-state index contributed by atoms with van der Waals surface area (Å²) in [6, 6.07) is 19.2. The molecule has 28 heavy (non-hydrogen) atoms. The summed E-state index contributed by atoms with van der Waals surface area (Å²) >= 11 is 0. The van der Waals surface area contributed by atoms with Gasteiger partial charge in [0.15, 0.2) is 0 Å². The van der Waals surface area contributed by atoms with Crippen LogP contribution in [0.4, 0.5) is 0 Å². The molecule has 2 aromatic rings. The normalized spacial score (nSPS) is 25.6. The van der Waals surface area contributed by atoms with Crippen molar-refractivity contribution in [2.24, 2.45) is 0 Å². The van der Waals surface area contributed by atoms with Gasteiger partial charge in [-0.1, -0.05) is 60.7 Å². The number of carbonyl (C=O) groups excluding carboxylic acids is 1. The van der Waals surface area contributed by atoms with Crippen molar-refractivity contribution in [3.63, 3.8) is 0 Å². The van der Waals surface area contributed by atoms with Crippen molar-refractivity contribution in [1.29, 1.82) is 0 Å². The van der Waals surface area contributed by atoms with Gasteiger partial charge in [0, 0.05) is 25.7 Å². The first-order valence-corrected chi connectivity index (χ1v) is 9.80. The first-order chi connectivity index (χ1) is 12.9. The fraction of sp³-hybridized carbons (Fsp3) is 0.435. The number of hydrogen-bond donors (Lipinski definition) is 1. The number of benzene rings is 2. The largest absolute Gasteiger partial charge is 1.00 e. The molecule has 3 atom stereocenters. The zero-order chi connectivity index (χ0) is 19.1. The minimum absolute atomic E-state index is 0. The number of halogens is 1. The number of quaternary nitrogens is 1. The molecule has 0 saturated carbocycles. The van der Waals surface area contributed by atoms with Crippen LogP contribution in [-0.2, 0) is 15.1 Å².